The molecule has 1 saturated heterocycles. The largest absolute Gasteiger partial charge is 0.387 e. The molecule has 0 spiro atoms. The minimum atomic E-state index is -1.22. The van der Waals surface area contributed by atoms with E-state index in [-0.39, 0.29) is 5.92 Å². The lowest BCUT2D eigenvalue weighted by molar-refractivity contribution is -0.0848. The number of aryl methyl sites for hydroxylation is 2. The highest BCUT2D eigenvalue weighted by Crippen LogP contribution is 2.39. The average molecular weight is 395 g/mol. The van der Waals surface area contributed by atoms with E-state index in [1.54, 1.807) is 10.8 Å². The zero-order chi connectivity index (χ0) is 20.3. The molecule has 7 nitrogen and oxygen atoms in total. The molecule has 2 aliphatic rings. The summed E-state index contributed by atoms with van der Waals surface area (Å²) in [4.78, 5) is 8.73. The molecule has 1 unspecified atom stereocenters. The molecule has 0 saturated carbocycles. The summed E-state index contributed by atoms with van der Waals surface area (Å²) >= 11 is 0. The number of hydrogen-bond acceptors (Lipinski definition) is 6. The van der Waals surface area contributed by atoms with Gasteiger partial charge in [0.15, 0.2) is 6.23 Å². The number of fused-ring (bicyclic) bond motifs is 2. The molecule has 3 heterocycles. The van der Waals surface area contributed by atoms with Crippen LogP contribution in [0.5, 0.6) is 0 Å². The van der Waals surface area contributed by atoms with Crippen molar-refractivity contribution in [3.05, 3.63) is 59.2 Å². The highest BCUT2D eigenvalue weighted by atomic mass is 16.6. The lowest BCUT2D eigenvalue weighted by atomic mass is 9.85. The van der Waals surface area contributed by atoms with Gasteiger partial charge in [0.1, 0.15) is 36.4 Å². The molecule has 1 aromatic carbocycles. The normalized spacial score (nSPS) is 27.2. The summed E-state index contributed by atoms with van der Waals surface area (Å²) in [5.41, 5.74) is 4.77. The minimum Gasteiger partial charge on any atom is -0.387 e. The topological polar surface area (TPSA) is 101 Å². The van der Waals surface area contributed by atoms with E-state index < -0.39 is 30.6 Å². The van der Waals surface area contributed by atoms with Gasteiger partial charge >= 0.3 is 0 Å². The van der Waals surface area contributed by atoms with Gasteiger partial charge in [0.25, 0.3) is 0 Å². The predicted molar refractivity (Wildman–Crippen MR) is 106 cm³/mol. The number of nitrogens with zero attached hydrogens (tertiary/aromatic N) is 3. The van der Waals surface area contributed by atoms with Crippen molar-refractivity contribution in [2.75, 3.05) is 0 Å². The van der Waals surface area contributed by atoms with Crippen molar-refractivity contribution in [2.24, 2.45) is 0 Å². The highest BCUT2D eigenvalue weighted by molar-refractivity contribution is 5.79. The molecule has 0 amide bonds. The Bertz CT molecular complexity index is 1060. The Morgan fingerprint density at radius 3 is 2.55 bits per heavy atom. The molecule has 2 aromatic heterocycles. The zero-order valence-corrected chi connectivity index (χ0v) is 16.4. The van der Waals surface area contributed by atoms with Crippen molar-refractivity contribution < 1.29 is 20.1 Å². The van der Waals surface area contributed by atoms with Gasteiger partial charge in [-0.2, -0.15) is 0 Å². The van der Waals surface area contributed by atoms with Crippen LogP contribution in [0.2, 0.25) is 0 Å². The second kappa shape index (κ2) is 6.88. The fraction of sp³-hybridized carbons (Fsp3) is 0.455. The molecule has 5 atom stereocenters. The van der Waals surface area contributed by atoms with E-state index in [0.717, 1.165) is 23.9 Å². The van der Waals surface area contributed by atoms with Crippen molar-refractivity contribution in [2.45, 2.75) is 63.3 Å². The van der Waals surface area contributed by atoms with Crippen molar-refractivity contribution in [3.63, 3.8) is 0 Å². The second-order valence-corrected chi connectivity index (χ2v) is 8.32. The van der Waals surface area contributed by atoms with E-state index >= 15 is 0 Å². The van der Waals surface area contributed by atoms with Crippen molar-refractivity contribution in [1.29, 1.82) is 0 Å². The fourth-order valence-corrected chi connectivity index (χ4v) is 4.42. The van der Waals surface area contributed by atoms with E-state index in [9.17, 15) is 15.3 Å². The molecule has 0 radical (unpaired) electrons. The summed E-state index contributed by atoms with van der Waals surface area (Å²) < 4.78 is 7.71. The number of ether oxygens (including phenoxy) is 1. The van der Waals surface area contributed by atoms with E-state index in [1.807, 2.05) is 24.3 Å². The van der Waals surface area contributed by atoms with Crippen LogP contribution in [0.4, 0.5) is 0 Å². The Kier molecular flexibility index (Phi) is 4.43. The van der Waals surface area contributed by atoms with Crippen LogP contribution < -0.4 is 0 Å². The van der Waals surface area contributed by atoms with E-state index in [0.29, 0.717) is 11.2 Å². The molecular weight excluding hydrogens is 370 g/mol. The number of aliphatic hydroxyl groups excluding tert-OH is 3. The summed E-state index contributed by atoms with van der Waals surface area (Å²) in [5.74, 6) is 0.224. The number of rotatable bonds is 4. The van der Waals surface area contributed by atoms with Gasteiger partial charge in [-0.3, -0.25) is 0 Å². The van der Waals surface area contributed by atoms with E-state index in [1.165, 1.54) is 17.5 Å². The number of aromatic nitrogens is 3. The van der Waals surface area contributed by atoms with E-state index in [2.05, 4.69) is 23.8 Å². The lowest BCUT2D eigenvalue weighted by Crippen LogP contribution is -2.35. The predicted octanol–water partition coefficient (Wildman–Crippen LogP) is 2.01. The maximum Gasteiger partial charge on any atom is 0.164 e. The van der Waals surface area contributed by atoms with Crippen LogP contribution in [0.1, 0.15) is 54.5 Å². The molecule has 3 N–H and O–H groups in total. The lowest BCUT2D eigenvalue weighted by Gasteiger charge is -2.25. The average Bonchev–Trinajstić information content (AvgIpc) is 3.23. The molecule has 7 heteroatoms. The van der Waals surface area contributed by atoms with Crippen LogP contribution in [0, 0.1) is 0 Å². The standard InChI is InChI=1S/C22H25N3O4/c1-11(2)16-15-7-8-25(21(15)24-10-23-16)22-19(28)18(27)20(29-22)17(26)14-6-4-12-3-5-13(12)9-14/h4,6-11,17-20,22,26-28H,3,5H2,1-2H3/t17?,18-,19+,20+,22+/m0/s1. The first-order valence-electron chi connectivity index (χ1n) is 10.1. The Hall–Kier alpha value is -2.32. The minimum absolute atomic E-state index is 0.224. The molecule has 29 heavy (non-hydrogen) atoms. The third kappa shape index (κ3) is 2.88. The Morgan fingerprint density at radius 1 is 1.07 bits per heavy atom. The van der Waals surface area contributed by atoms with Crippen molar-refractivity contribution >= 4 is 11.0 Å². The van der Waals surface area contributed by atoms with Gasteiger partial charge in [-0.1, -0.05) is 32.0 Å². The number of hydrogen-bond donors (Lipinski definition) is 3. The molecule has 1 aliphatic carbocycles. The first-order valence-corrected chi connectivity index (χ1v) is 10.1. The summed E-state index contributed by atoms with van der Waals surface area (Å²) in [6.07, 6.45) is 0.141. The van der Waals surface area contributed by atoms with Crippen LogP contribution in [-0.2, 0) is 17.6 Å². The van der Waals surface area contributed by atoms with Crippen molar-refractivity contribution in [1.82, 2.24) is 14.5 Å². The third-order valence-electron chi connectivity index (χ3n) is 6.18. The van der Waals surface area contributed by atoms with Gasteiger partial charge in [0.05, 0.1) is 5.69 Å². The van der Waals surface area contributed by atoms with Gasteiger partial charge in [-0.25, -0.2) is 9.97 Å². The number of benzene rings is 1. The Morgan fingerprint density at radius 2 is 1.86 bits per heavy atom. The molecule has 5 rings (SSSR count). The number of aliphatic hydroxyl groups is 3. The van der Waals surface area contributed by atoms with Crippen LogP contribution in [-0.4, -0.2) is 48.2 Å². The third-order valence-corrected chi connectivity index (χ3v) is 6.18. The molecular formula is C22H25N3O4. The van der Waals surface area contributed by atoms with Gasteiger partial charge in [0.2, 0.25) is 0 Å². The van der Waals surface area contributed by atoms with Gasteiger partial charge in [0, 0.05) is 11.6 Å². The van der Waals surface area contributed by atoms with Gasteiger partial charge in [-0.05, 0) is 41.5 Å². The smallest absolute Gasteiger partial charge is 0.164 e. The molecule has 1 fully saturated rings. The van der Waals surface area contributed by atoms with Gasteiger partial charge in [-0.15, -0.1) is 0 Å². The SMILES string of the molecule is CC(C)c1ncnc2c1ccn2[C@@H]1O[C@H](C(O)c2ccc3c(c2)CC3)[C@@H](O)[C@H]1O. The molecule has 0 bridgehead atoms. The van der Waals surface area contributed by atoms with Crippen molar-refractivity contribution in [3.8, 4) is 0 Å². The van der Waals surface area contributed by atoms with Crippen LogP contribution in [0.15, 0.2) is 36.8 Å². The van der Waals surface area contributed by atoms with E-state index in [4.69, 9.17) is 4.74 Å². The van der Waals surface area contributed by atoms with Crippen LogP contribution in [0.25, 0.3) is 11.0 Å². The maximum atomic E-state index is 10.9. The van der Waals surface area contributed by atoms with Gasteiger partial charge < -0.3 is 24.6 Å². The first kappa shape index (κ1) is 18.7. The van der Waals surface area contributed by atoms with Crippen LogP contribution >= 0.6 is 0 Å². The summed E-state index contributed by atoms with van der Waals surface area (Å²) in [6, 6.07) is 7.74. The summed E-state index contributed by atoms with van der Waals surface area (Å²) in [5, 5.41) is 33.1. The first-order chi connectivity index (χ1) is 14.0. The highest BCUT2D eigenvalue weighted by Gasteiger charge is 2.47. The fourth-order valence-electron chi connectivity index (χ4n) is 4.42. The monoisotopic (exact) mass is 395 g/mol. The second-order valence-electron chi connectivity index (χ2n) is 8.32. The zero-order valence-electron chi connectivity index (χ0n) is 16.4. The maximum absolute atomic E-state index is 10.9. The Balaban J connectivity index is 1.46. The molecule has 152 valence electrons. The summed E-state index contributed by atoms with van der Waals surface area (Å²) in [7, 11) is 0. The molecule has 1 aliphatic heterocycles. The quantitative estimate of drug-likeness (QED) is 0.625. The Labute approximate surface area is 168 Å². The molecule has 3 aromatic rings. The summed E-state index contributed by atoms with van der Waals surface area (Å²) in [6.45, 7) is 4.12. The van der Waals surface area contributed by atoms with Crippen LogP contribution in [0.3, 0.4) is 0 Å².